The quantitative estimate of drug-likeness (QED) is 0.903. The molecule has 17 heavy (non-hydrogen) atoms. The third-order valence-corrected chi connectivity index (χ3v) is 3.04. The second-order valence-corrected chi connectivity index (χ2v) is 4.17. The molecule has 1 aromatic heterocycles. The maximum Gasteiger partial charge on any atom is 0.0759 e. The molecule has 2 aromatic rings. The molecule has 1 unspecified atom stereocenters. The Morgan fingerprint density at radius 2 is 2.12 bits per heavy atom. The van der Waals surface area contributed by atoms with E-state index in [1.165, 1.54) is 0 Å². The van der Waals surface area contributed by atoms with Crippen LogP contribution in [0, 0.1) is 0 Å². The molecule has 1 atom stereocenters. The van der Waals surface area contributed by atoms with Crippen LogP contribution in [0.1, 0.15) is 17.3 Å². The zero-order chi connectivity index (χ0) is 12.1. The second-order valence-electron chi connectivity index (χ2n) is 3.77. The third kappa shape index (κ3) is 3.02. The summed E-state index contributed by atoms with van der Waals surface area (Å²) in [4.78, 5) is 8.39. The highest BCUT2D eigenvalue weighted by atomic mass is 35.5. The summed E-state index contributed by atoms with van der Waals surface area (Å²) in [7, 11) is 1.91. The molecule has 0 saturated carbocycles. The monoisotopic (exact) mass is 247 g/mol. The molecule has 2 rings (SSSR count). The molecule has 88 valence electrons. The van der Waals surface area contributed by atoms with E-state index in [0.29, 0.717) is 0 Å². The van der Waals surface area contributed by atoms with Gasteiger partial charge in [-0.25, -0.2) is 0 Å². The summed E-state index contributed by atoms with van der Waals surface area (Å²) in [5, 5.41) is 4.02. The predicted octanol–water partition coefficient (Wildman–Crippen LogP) is 2.63. The molecule has 0 amide bonds. The molecule has 0 aliphatic rings. The fourth-order valence-electron chi connectivity index (χ4n) is 1.73. The van der Waals surface area contributed by atoms with Crippen molar-refractivity contribution in [3.63, 3.8) is 0 Å². The Hall–Kier alpha value is -1.45. The molecule has 1 heterocycles. The molecule has 1 aromatic carbocycles. The summed E-state index contributed by atoms with van der Waals surface area (Å²) in [5.41, 5.74) is 2.04. The summed E-state index contributed by atoms with van der Waals surface area (Å²) >= 11 is 6.15. The van der Waals surface area contributed by atoms with Gasteiger partial charge in [0, 0.05) is 23.6 Å². The number of hydrogen-bond acceptors (Lipinski definition) is 3. The minimum absolute atomic E-state index is 0.128. The van der Waals surface area contributed by atoms with Gasteiger partial charge in [-0.15, -0.1) is 0 Å². The fraction of sp³-hybridized carbons (Fsp3) is 0.231. The molecule has 0 radical (unpaired) electrons. The van der Waals surface area contributed by atoms with Gasteiger partial charge >= 0.3 is 0 Å². The van der Waals surface area contributed by atoms with Crippen molar-refractivity contribution in [2.24, 2.45) is 0 Å². The van der Waals surface area contributed by atoms with Gasteiger partial charge in [0.05, 0.1) is 11.7 Å². The molecule has 0 bridgehead atoms. The molecule has 3 nitrogen and oxygen atoms in total. The van der Waals surface area contributed by atoms with Crippen LogP contribution in [0.25, 0.3) is 0 Å². The number of nitrogens with zero attached hydrogens (tertiary/aromatic N) is 2. The molecule has 0 saturated heterocycles. The van der Waals surface area contributed by atoms with Gasteiger partial charge < -0.3 is 5.32 Å². The van der Waals surface area contributed by atoms with Gasteiger partial charge in [0.2, 0.25) is 0 Å². The zero-order valence-corrected chi connectivity index (χ0v) is 10.4. The number of rotatable bonds is 4. The first-order valence-corrected chi connectivity index (χ1v) is 5.85. The first-order valence-electron chi connectivity index (χ1n) is 5.48. The summed E-state index contributed by atoms with van der Waals surface area (Å²) in [5.74, 6) is 0. The smallest absolute Gasteiger partial charge is 0.0759 e. The third-order valence-electron chi connectivity index (χ3n) is 2.67. The maximum absolute atomic E-state index is 6.15. The topological polar surface area (TPSA) is 37.8 Å². The molecule has 0 aliphatic carbocycles. The van der Waals surface area contributed by atoms with E-state index in [9.17, 15) is 0 Å². The molecular weight excluding hydrogens is 234 g/mol. The number of benzene rings is 1. The van der Waals surface area contributed by atoms with E-state index in [2.05, 4.69) is 15.3 Å². The van der Waals surface area contributed by atoms with Gasteiger partial charge in [-0.3, -0.25) is 9.97 Å². The number of halogens is 1. The van der Waals surface area contributed by atoms with E-state index in [4.69, 9.17) is 11.6 Å². The van der Waals surface area contributed by atoms with E-state index < -0.39 is 0 Å². The first-order chi connectivity index (χ1) is 8.31. The standard InChI is InChI=1S/C13H14ClN3/c1-15-12(13-9-16-6-7-17-13)8-10-4-2-3-5-11(10)14/h2-7,9,12,15H,8H2,1H3. The van der Waals surface area contributed by atoms with Crippen molar-refractivity contribution in [3.05, 3.63) is 59.1 Å². The van der Waals surface area contributed by atoms with Crippen molar-refractivity contribution < 1.29 is 0 Å². The van der Waals surface area contributed by atoms with Gasteiger partial charge in [0.15, 0.2) is 0 Å². The molecule has 4 heteroatoms. The normalized spacial score (nSPS) is 12.4. The van der Waals surface area contributed by atoms with E-state index in [1.807, 2.05) is 31.3 Å². The molecule has 1 N–H and O–H groups in total. The van der Waals surface area contributed by atoms with Crippen LogP contribution in [0.4, 0.5) is 0 Å². The van der Waals surface area contributed by atoms with E-state index >= 15 is 0 Å². The van der Waals surface area contributed by atoms with Crippen LogP contribution in [0.15, 0.2) is 42.9 Å². The van der Waals surface area contributed by atoms with Crippen molar-refractivity contribution in [3.8, 4) is 0 Å². The van der Waals surface area contributed by atoms with Crippen molar-refractivity contribution in [1.29, 1.82) is 0 Å². The Morgan fingerprint density at radius 1 is 1.29 bits per heavy atom. The van der Waals surface area contributed by atoms with Gasteiger partial charge in [-0.2, -0.15) is 0 Å². The predicted molar refractivity (Wildman–Crippen MR) is 69.0 cm³/mol. The number of aromatic nitrogens is 2. The highest BCUT2D eigenvalue weighted by Gasteiger charge is 2.12. The van der Waals surface area contributed by atoms with Crippen LogP contribution < -0.4 is 5.32 Å². The lowest BCUT2D eigenvalue weighted by molar-refractivity contribution is 0.573. The summed E-state index contributed by atoms with van der Waals surface area (Å²) in [6.45, 7) is 0. The van der Waals surface area contributed by atoms with Crippen molar-refractivity contribution in [2.75, 3.05) is 7.05 Å². The fourth-order valence-corrected chi connectivity index (χ4v) is 1.94. The molecule has 0 aliphatic heterocycles. The summed E-state index contributed by atoms with van der Waals surface area (Å²) in [6.07, 6.45) is 5.95. The average Bonchev–Trinajstić information content (AvgIpc) is 2.39. The van der Waals surface area contributed by atoms with Crippen molar-refractivity contribution in [2.45, 2.75) is 12.5 Å². The Balaban J connectivity index is 2.19. The largest absolute Gasteiger partial charge is 0.311 e. The number of hydrogen-bond donors (Lipinski definition) is 1. The maximum atomic E-state index is 6.15. The van der Waals surface area contributed by atoms with Crippen LogP contribution in [-0.2, 0) is 6.42 Å². The highest BCUT2D eigenvalue weighted by molar-refractivity contribution is 6.31. The van der Waals surface area contributed by atoms with Crippen LogP contribution in [-0.4, -0.2) is 17.0 Å². The lowest BCUT2D eigenvalue weighted by atomic mass is 10.0. The van der Waals surface area contributed by atoms with Crippen LogP contribution in [0.2, 0.25) is 5.02 Å². The lowest BCUT2D eigenvalue weighted by Gasteiger charge is -2.15. The van der Waals surface area contributed by atoms with Crippen LogP contribution in [0.5, 0.6) is 0 Å². The molecule has 0 spiro atoms. The Bertz CT molecular complexity index is 473. The minimum atomic E-state index is 0.128. The second kappa shape index (κ2) is 5.75. The van der Waals surface area contributed by atoms with Crippen LogP contribution in [0.3, 0.4) is 0 Å². The van der Waals surface area contributed by atoms with Crippen molar-refractivity contribution >= 4 is 11.6 Å². The Morgan fingerprint density at radius 3 is 2.76 bits per heavy atom. The Kier molecular flexibility index (Phi) is 4.07. The van der Waals surface area contributed by atoms with Crippen molar-refractivity contribution in [1.82, 2.24) is 15.3 Å². The summed E-state index contributed by atoms with van der Waals surface area (Å²) < 4.78 is 0. The molecule has 0 fully saturated rings. The lowest BCUT2D eigenvalue weighted by Crippen LogP contribution is -2.20. The van der Waals surface area contributed by atoms with E-state index in [0.717, 1.165) is 22.7 Å². The Labute approximate surface area is 106 Å². The van der Waals surface area contributed by atoms with Crippen LogP contribution >= 0.6 is 11.6 Å². The van der Waals surface area contributed by atoms with Gasteiger partial charge in [-0.05, 0) is 25.1 Å². The number of likely N-dealkylation sites (N-methyl/N-ethyl adjacent to an activating group) is 1. The van der Waals surface area contributed by atoms with E-state index in [-0.39, 0.29) is 6.04 Å². The first kappa shape index (κ1) is 12.0. The summed E-state index contributed by atoms with van der Waals surface area (Å²) in [6, 6.07) is 7.99. The minimum Gasteiger partial charge on any atom is -0.311 e. The SMILES string of the molecule is CNC(Cc1ccccc1Cl)c1cnccn1. The van der Waals surface area contributed by atoms with Gasteiger partial charge in [0.25, 0.3) is 0 Å². The van der Waals surface area contributed by atoms with E-state index in [1.54, 1.807) is 18.6 Å². The average molecular weight is 248 g/mol. The zero-order valence-electron chi connectivity index (χ0n) is 9.60. The van der Waals surface area contributed by atoms with Gasteiger partial charge in [0.1, 0.15) is 0 Å². The van der Waals surface area contributed by atoms with Gasteiger partial charge in [-0.1, -0.05) is 29.8 Å². The highest BCUT2D eigenvalue weighted by Crippen LogP contribution is 2.21. The molecular formula is C13H14ClN3. The number of nitrogens with one attached hydrogen (secondary N) is 1.